The average Bonchev–Trinajstić information content (AvgIpc) is 3.07. The SMILES string of the molecule is Cc1cc(C)cc(NC(=O)N(Cc2ccccn2)Cc2ccco2)c1. The Balaban J connectivity index is 1.78. The Hall–Kier alpha value is -3.08. The van der Waals surface area contributed by atoms with E-state index in [-0.39, 0.29) is 6.03 Å². The van der Waals surface area contributed by atoms with E-state index in [4.69, 9.17) is 4.42 Å². The molecule has 1 aromatic carbocycles. The van der Waals surface area contributed by atoms with Crippen molar-refractivity contribution in [1.82, 2.24) is 9.88 Å². The summed E-state index contributed by atoms with van der Waals surface area (Å²) in [5.74, 6) is 0.728. The first-order valence-corrected chi connectivity index (χ1v) is 8.16. The molecule has 0 aliphatic rings. The normalized spacial score (nSPS) is 10.5. The number of urea groups is 1. The summed E-state index contributed by atoms with van der Waals surface area (Å²) < 4.78 is 5.40. The molecule has 3 rings (SSSR count). The summed E-state index contributed by atoms with van der Waals surface area (Å²) in [6.07, 6.45) is 3.33. The summed E-state index contributed by atoms with van der Waals surface area (Å²) in [7, 11) is 0. The van der Waals surface area contributed by atoms with Gasteiger partial charge in [-0.1, -0.05) is 12.1 Å². The largest absolute Gasteiger partial charge is 0.467 e. The number of nitrogens with one attached hydrogen (secondary N) is 1. The van der Waals surface area contributed by atoms with Crippen molar-refractivity contribution in [3.8, 4) is 0 Å². The van der Waals surface area contributed by atoms with Crippen molar-refractivity contribution >= 4 is 11.7 Å². The highest BCUT2D eigenvalue weighted by Crippen LogP contribution is 2.16. The minimum Gasteiger partial charge on any atom is -0.467 e. The summed E-state index contributed by atoms with van der Waals surface area (Å²) in [6.45, 7) is 4.80. The number of nitrogens with zero attached hydrogens (tertiary/aromatic N) is 2. The third kappa shape index (κ3) is 4.70. The lowest BCUT2D eigenvalue weighted by Crippen LogP contribution is -2.34. The number of aromatic nitrogens is 1. The highest BCUT2D eigenvalue weighted by Gasteiger charge is 2.17. The number of pyridine rings is 1. The molecule has 2 amide bonds. The number of amides is 2. The molecule has 2 heterocycles. The number of hydrogen-bond donors (Lipinski definition) is 1. The number of aryl methyl sites for hydroxylation is 2. The van der Waals surface area contributed by atoms with E-state index in [1.165, 1.54) is 0 Å². The van der Waals surface area contributed by atoms with E-state index in [2.05, 4.69) is 16.4 Å². The lowest BCUT2D eigenvalue weighted by Gasteiger charge is -2.22. The Kier molecular flexibility index (Phi) is 5.14. The molecule has 0 saturated carbocycles. The molecule has 0 radical (unpaired) electrons. The fourth-order valence-electron chi connectivity index (χ4n) is 2.73. The summed E-state index contributed by atoms with van der Waals surface area (Å²) in [4.78, 5) is 18.8. The molecule has 0 aliphatic carbocycles. The third-order valence-corrected chi connectivity index (χ3v) is 3.77. The number of carbonyl (C=O) groups excluding carboxylic acids is 1. The Bertz CT molecular complexity index is 809. The molecule has 5 nitrogen and oxygen atoms in total. The van der Waals surface area contributed by atoms with Crippen LogP contribution in [0.2, 0.25) is 0 Å². The predicted molar refractivity (Wildman–Crippen MR) is 97.1 cm³/mol. The van der Waals surface area contributed by atoms with Crippen LogP contribution in [0, 0.1) is 13.8 Å². The van der Waals surface area contributed by atoms with Crippen molar-refractivity contribution in [2.75, 3.05) is 5.32 Å². The highest BCUT2D eigenvalue weighted by molar-refractivity contribution is 5.89. The molecule has 3 aromatic rings. The highest BCUT2D eigenvalue weighted by atomic mass is 16.3. The topological polar surface area (TPSA) is 58.4 Å². The van der Waals surface area contributed by atoms with Crippen molar-refractivity contribution in [2.24, 2.45) is 0 Å². The zero-order valence-corrected chi connectivity index (χ0v) is 14.4. The van der Waals surface area contributed by atoms with Crippen LogP contribution >= 0.6 is 0 Å². The second-order valence-corrected chi connectivity index (χ2v) is 6.06. The van der Waals surface area contributed by atoms with E-state index in [1.807, 2.05) is 56.3 Å². The fraction of sp³-hybridized carbons (Fsp3) is 0.200. The zero-order chi connectivity index (χ0) is 17.6. The molecule has 25 heavy (non-hydrogen) atoms. The number of furan rings is 1. The second kappa shape index (κ2) is 7.66. The maximum absolute atomic E-state index is 12.8. The van der Waals surface area contributed by atoms with E-state index >= 15 is 0 Å². The molecule has 0 spiro atoms. The third-order valence-electron chi connectivity index (χ3n) is 3.77. The van der Waals surface area contributed by atoms with Gasteiger partial charge >= 0.3 is 6.03 Å². The lowest BCUT2D eigenvalue weighted by atomic mass is 10.1. The van der Waals surface area contributed by atoms with Gasteiger partial charge in [0.15, 0.2) is 0 Å². The van der Waals surface area contributed by atoms with Crippen LogP contribution in [0.1, 0.15) is 22.6 Å². The van der Waals surface area contributed by atoms with E-state index in [9.17, 15) is 4.79 Å². The van der Waals surface area contributed by atoms with Crippen LogP contribution in [0.3, 0.4) is 0 Å². The quantitative estimate of drug-likeness (QED) is 0.745. The molecular formula is C20H21N3O2. The minimum absolute atomic E-state index is 0.188. The lowest BCUT2D eigenvalue weighted by molar-refractivity contribution is 0.200. The van der Waals surface area contributed by atoms with Crippen LogP contribution in [0.25, 0.3) is 0 Å². The van der Waals surface area contributed by atoms with Gasteiger partial charge in [0.1, 0.15) is 5.76 Å². The number of rotatable bonds is 5. The fourth-order valence-corrected chi connectivity index (χ4v) is 2.73. The van der Waals surface area contributed by atoms with Gasteiger partial charge in [0.2, 0.25) is 0 Å². The number of hydrogen-bond acceptors (Lipinski definition) is 3. The molecule has 2 aromatic heterocycles. The van der Waals surface area contributed by atoms with Gasteiger partial charge in [0.25, 0.3) is 0 Å². The molecule has 0 fully saturated rings. The molecule has 0 unspecified atom stereocenters. The van der Waals surface area contributed by atoms with E-state index in [0.29, 0.717) is 13.1 Å². The first kappa shape index (κ1) is 16.8. The molecule has 0 bridgehead atoms. The molecule has 0 saturated heterocycles. The maximum atomic E-state index is 12.8. The van der Waals surface area contributed by atoms with Crippen molar-refractivity contribution in [3.05, 3.63) is 83.6 Å². The van der Waals surface area contributed by atoms with Crippen LogP contribution in [0.5, 0.6) is 0 Å². The first-order chi connectivity index (χ1) is 12.1. The summed E-state index contributed by atoms with van der Waals surface area (Å²) in [5.41, 5.74) is 3.83. The second-order valence-electron chi connectivity index (χ2n) is 6.06. The van der Waals surface area contributed by atoms with Crippen molar-refractivity contribution in [3.63, 3.8) is 0 Å². The van der Waals surface area contributed by atoms with Gasteiger partial charge < -0.3 is 14.6 Å². The van der Waals surface area contributed by atoms with Crippen LogP contribution in [-0.4, -0.2) is 15.9 Å². The van der Waals surface area contributed by atoms with E-state index in [0.717, 1.165) is 28.3 Å². The molecule has 0 atom stereocenters. The van der Waals surface area contributed by atoms with Crippen LogP contribution in [-0.2, 0) is 13.1 Å². The van der Waals surface area contributed by atoms with Gasteiger partial charge in [-0.05, 0) is 61.4 Å². The van der Waals surface area contributed by atoms with Gasteiger partial charge in [0.05, 0.1) is 25.0 Å². The summed E-state index contributed by atoms with van der Waals surface area (Å²) >= 11 is 0. The van der Waals surface area contributed by atoms with Gasteiger partial charge in [-0.25, -0.2) is 4.79 Å². The van der Waals surface area contributed by atoms with Gasteiger partial charge in [-0.3, -0.25) is 4.98 Å². The van der Waals surface area contributed by atoms with Gasteiger partial charge in [0, 0.05) is 11.9 Å². The molecular weight excluding hydrogens is 314 g/mol. The smallest absolute Gasteiger partial charge is 0.322 e. The minimum atomic E-state index is -0.188. The monoisotopic (exact) mass is 335 g/mol. The van der Waals surface area contributed by atoms with Gasteiger partial charge in [-0.15, -0.1) is 0 Å². The van der Waals surface area contributed by atoms with Crippen LogP contribution < -0.4 is 5.32 Å². The number of anilines is 1. The average molecular weight is 335 g/mol. The Labute approximate surface area is 147 Å². The molecule has 5 heteroatoms. The predicted octanol–water partition coefficient (Wildman–Crippen LogP) is 4.53. The number of carbonyl (C=O) groups is 1. The van der Waals surface area contributed by atoms with Crippen LogP contribution in [0.15, 0.2) is 65.4 Å². The molecule has 128 valence electrons. The van der Waals surface area contributed by atoms with Gasteiger partial charge in [-0.2, -0.15) is 0 Å². The summed E-state index contributed by atoms with van der Waals surface area (Å²) in [5, 5.41) is 2.97. The summed E-state index contributed by atoms with van der Waals surface area (Å²) in [6, 6.07) is 15.1. The van der Waals surface area contributed by atoms with Crippen molar-refractivity contribution in [1.29, 1.82) is 0 Å². The zero-order valence-electron chi connectivity index (χ0n) is 14.4. The molecule has 0 aliphatic heterocycles. The Morgan fingerprint density at radius 2 is 1.88 bits per heavy atom. The van der Waals surface area contributed by atoms with E-state index < -0.39 is 0 Å². The maximum Gasteiger partial charge on any atom is 0.322 e. The van der Waals surface area contributed by atoms with E-state index in [1.54, 1.807) is 17.4 Å². The molecule has 1 N–H and O–H groups in total. The standard InChI is InChI=1S/C20H21N3O2/c1-15-10-16(2)12-18(11-15)22-20(24)23(14-19-7-5-9-25-19)13-17-6-3-4-8-21-17/h3-12H,13-14H2,1-2H3,(H,22,24). The number of benzene rings is 1. The van der Waals surface area contributed by atoms with Crippen molar-refractivity contribution in [2.45, 2.75) is 26.9 Å². The Morgan fingerprint density at radius 1 is 1.08 bits per heavy atom. The Morgan fingerprint density at radius 3 is 2.52 bits per heavy atom. The van der Waals surface area contributed by atoms with Crippen LogP contribution in [0.4, 0.5) is 10.5 Å². The van der Waals surface area contributed by atoms with Crippen molar-refractivity contribution < 1.29 is 9.21 Å². The first-order valence-electron chi connectivity index (χ1n) is 8.16.